The van der Waals surface area contributed by atoms with Gasteiger partial charge < -0.3 is 4.74 Å². The summed E-state index contributed by atoms with van der Waals surface area (Å²) >= 11 is 0. The summed E-state index contributed by atoms with van der Waals surface area (Å²) in [4.78, 5) is -0.200. The van der Waals surface area contributed by atoms with E-state index in [1.54, 1.807) is 0 Å². The molecular formula is C14H11FN2O3S. The molecule has 0 atom stereocenters. The largest absolute Gasteiger partial charge is 0.495 e. The highest BCUT2D eigenvalue weighted by molar-refractivity contribution is 7.92. The predicted octanol–water partition coefficient (Wildman–Crippen LogP) is 2.51. The Morgan fingerprint density at radius 2 is 2.00 bits per heavy atom. The van der Waals surface area contributed by atoms with E-state index in [1.807, 2.05) is 6.07 Å². The molecule has 0 heterocycles. The fourth-order valence-corrected chi connectivity index (χ4v) is 2.78. The van der Waals surface area contributed by atoms with Crippen LogP contribution in [0.15, 0.2) is 47.4 Å². The number of nitrogens with one attached hydrogen (secondary N) is 1. The molecule has 2 rings (SSSR count). The third kappa shape index (κ3) is 3.30. The highest BCUT2D eigenvalue weighted by Gasteiger charge is 2.17. The zero-order valence-corrected chi connectivity index (χ0v) is 11.8. The van der Waals surface area contributed by atoms with Crippen LogP contribution >= 0.6 is 0 Å². The first kappa shape index (κ1) is 14.8. The van der Waals surface area contributed by atoms with Gasteiger partial charge in [-0.1, -0.05) is 6.07 Å². The number of anilines is 1. The lowest BCUT2D eigenvalue weighted by atomic mass is 10.2. The smallest absolute Gasteiger partial charge is 0.262 e. The van der Waals surface area contributed by atoms with Gasteiger partial charge in [0.1, 0.15) is 11.6 Å². The van der Waals surface area contributed by atoms with Crippen LogP contribution in [0.25, 0.3) is 0 Å². The maximum absolute atomic E-state index is 13.1. The van der Waals surface area contributed by atoms with Gasteiger partial charge in [-0.15, -0.1) is 0 Å². The van der Waals surface area contributed by atoms with Crippen LogP contribution in [0.5, 0.6) is 5.75 Å². The summed E-state index contributed by atoms with van der Waals surface area (Å²) in [6, 6.07) is 10.8. The Kier molecular flexibility index (Phi) is 4.10. The number of benzene rings is 2. The molecule has 7 heteroatoms. The van der Waals surface area contributed by atoms with E-state index < -0.39 is 15.8 Å². The summed E-state index contributed by atoms with van der Waals surface area (Å²) in [5.41, 5.74) is 0.501. The fourth-order valence-electron chi connectivity index (χ4n) is 1.68. The maximum atomic E-state index is 13.1. The molecule has 0 aliphatic rings. The van der Waals surface area contributed by atoms with Crippen molar-refractivity contribution in [1.82, 2.24) is 0 Å². The molecule has 0 amide bonds. The first-order chi connectivity index (χ1) is 9.96. The molecule has 0 saturated heterocycles. The molecule has 2 aromatic carbocycles. The lowest BCUT2D eigenvalue weighted by Gasteiger charge is -2.12. The minimum Gasteiger partial charge on any atom is -0.495 e. The van der Waals surface area contributed by atoms with Gasteiger partial charge in [0.15, 0.2) is 0 Å². The van der Waals surface area contributed by atoms with E-state index in [-0.39, 0.29) is 16.3 Å². The van der Waals surface area contributed by atoms with E-state index in [2.05, 4.69) is 4.72 Å². The molecule has 0 bridgehead atoms. The number of sulfonamides is 1. The quantitative estimate of drug-likeness (QED) is 0.941. The van der Waals surface area contributed by atoms with Gasteiger partial charge in [0.25, 0.3) is 10.0 Å². The van der Waals surface area contributed by atoms with Gasteiger partial charge in [0.2, 0.25) is 0 Å². The van der Waals surface area contributed by atoms with Crippen molar-refractivity contribution in [3.05, 3.63) is 53.8 Å². The molecule has 21 heavy (non-hydrogen) atoms. The van der Waals surface area contributed by atoms with Crippen LogP contribution in [0.2, 0.25) is 0 Å². The second kappa shape index (κ2) is 5.81. The van der Waals surface area contributed by atoms with E-state index >= 15 is 0 Å². The first-order valence-electron chi connectivity index (χ1n) is 5.83. The summed E-state index contributed by atoms with van der Waals surface area (Å²) < 4.78 is 44.8. The topological polar surface area (TPSA) is 79.2 Å². The number of hydrogen-bond donors (Lipinski definition) is 1. The zero-order chi connectivity index (χ0) is 15.5. The highest BCUT2D eigenvalue weighted by atomic mass is 32.2. The van der Waals surface area contributed by atoms with Gasteiger partial charge in [-0.3, -0.25) is 4.72 Å². The fraction of sp³-hybridized carbons (Fsp3) is 0.0714. The van der Waals surface area contributed by atoms with Gasteiger partial charge in [-0.25, -0.2) is 12.8 Å². The van der Waals surface area contributed by atoms with Crippen molar-refractivity contribution < 1.29 is 17.5 Å². The van der Waals surface area contributed by atoms with E-state index in [0.717, 1.165) is 12.1 Å². The van der Waals surface area contributed by atoms with Crippen LogP contribution in [0.1, 0.15) is 5.56 Å². The number of methoxy groups -OCH3 is 1. The van der Waals surface area contributed by atoms with Crippen LogP contribution < -0.4 is 9.46 Å². The van der Waals surface area contributed by atoms with E-state index in [0.29, 0.717) is 5.56 Å². The Morgan fingerprint density at radius 3 is 2.62 bits per heavy atom. The maximum Gasteiger partial charge on any atom is 0.262 e. The Labute approximate surface area is 121 Å². The standard InChI is InChI=1S/C14H11FN2O3S/c1-20-14-7-10(9-16)5-6-13(14)17-21(18,19)12-4-2-3-11(15)8-12/h2-8,17H,1H3. The number of rotatable bonds is 4. The Morgan fingerprint density at radius 1 is 1.24 bits per heavy atom. The van der Waals surface area contributed by atoms with Crippen LogP contribution in [-0.2, 0) is 10.0 Å². The molecule has 108 valence electrons. The molecule has 0 aliphatic heterocycles. The Hall–Kier alpha value is -2.59. The van der Waals surface area contributed by atoms with Crippen molar-refractivity contribution in [2.24, 2.45) is 0 Å². The lowest BCUT2D eigenvalue weighted by molar-refractivity contribution is 0.416. The van der Waals surface area contributed by atoms with Gasteiger partial charge in [-0.05, 0) is 30.3 Å². The van der Waals surface area contributed by atoms with Gasteiger partial charge in [-0.2, -0.15) is 5.26 Å². The average molecular weight is 306 g/mol. The number of hydrogen-bond acceptors (Lipinski definition) is 4. The van der Waals surface area contributed by atoms with Gasteiger partial charge in [0.05, 0.1) is 29.3 Å². The first-order valence-corrected chi connectivity index (χ1v) is 7.31. The Bertz CT molecular complexity index is 813. The minimum absolute atomic E-state index is 0.167. The molecule has 0 aromatic heterocycles. The molecule has 5 nitrogen and oxygen atoms in total. The van der Waals surface area contributed by atoms with Crippen LogP contribution in [0.3, 0.4) is 0 Å². The number of nitrogens with zero attached hydrogens (tertiary/aromatic N) is 1. The molecule has 2 aromatic rings. The van der Waals surface area contributed by atoms with Gasteiger partial charge in [0, 0.05) is 6.07 Å². The monoisotopic (exact) mass is 306 g/mol. The molecule has 0 aliphatic carbocycles. The van der Waals surface area contributed by atoms with Crippen molar-refractivity contribution in [3.63, 3.8) is 0 Å². The summed E-state index contributed by atoms with van der Waals surface area (Å²) in [6.07, 6.45) is 0. The van der Waals surface area contributed by atoms with Crippen molar-refractivity contribution in [2.45, 2.75) is 4.90 Å². The number of halogens is 1. The molecule has 0 saturated carbocycles. The number of nitriles is 1. The summed E-state index contributed by atoms with van der Waals surface area (Å²) in [6.45, 7) is 0. The van der Waals surface area contributed by atoms with Crippen molar-refractivity contribution >= 4 is 15.7 Å². The van der Waals surface area contributed by atoms with E-state index in [9.17, 15) is 12.8 Å². The summed E-state index contributed by atoms with van der Waals surface area (Å²) in [7, 11) is -2.58. The second-order valence-corrected chi connectivity index (χ2v) is 5.77. The highest BCUT2D eigenvalue weighted by Crippen LogP contribution is 2.27. The lowest BCUT2D eigenvalue weighted by Crippen LogP contribution is -2.13. The molecular weight excluding hydrogens is 295 g/mol. The van der Waals surface area contributed by atoms with Crippen molar-refractivity contribution in [1.29, 1.82) is 5.26 Å². The normalized spacial score (nSPS) is 10.7. The predicted molar refractivity (Wildman–Crippen MR) is 74.9 cm³/mol. The SMILES string of the molecule is COc1cc(C#N)ccc1NS(=O)(=O)c1cccc(F)c1. The average Bonchev–Trinajstić information content (AvgIpc) is 2.47. The van der Waals surface area contributed by atoms with E-state index in [1.165, 1.54) is 37.4 Å². The third-order valence-corrected chi connectivity index (χ3v) is 4.04. The van der Waals surface area contributed by atoms with Crippen LogP contribution in [-0.4, -0.2) is 15.5 Å². The molecule has 1 N–H and O–H groups in total. The second-order valence-electron chi connectivity index (χ2n) is 4.09. The van der Waals surface area contributed by atoms with Crippen molar-refractivity contribution in [2.75, 3.05) is 11.8 Å². The Balaban J connectivity index is 2.40. The van der Waals surface area contributed by atoms with E-state index in [4.69, 9.17) is 10.00 Å². The molecule has 0 fully saturated rings. The molecule has 0 spiro atoms. The molecule has 0 radical (unpaired) electrons. The van der Waals surface area contributed by atoms with Crippen LogP contribution in [0, 0.1) is 17.1 Å². The summed E-state index contributed by atoms with van der Waals surface area (Å²) in [5.74, 6) is -0.446. The van der Waals surface area contributed by atoms with Gasteiger partial charge >= 0.3 is 0 Å². The number of ether oxygens (including phenoxy) is 1. The van der Waals surface area contributed by atoms with Crippen LogP contribution in [0.4, 0.5) is 10.1 Å². The minimum atomic E-state index is -3.94. The zero-order valence-electron chi connectivity index (χ0n) is 11.0. The van der Waals surface area contributed by atoms with Crippen molar-refractivity contribution in [3.8, 4) is 11.8 Å². The summed E-state index contributed by atoms with van der Waals surface area (Å²) in [5, 5.41) is 8.80. The third-order valence-electron chi connectivity index (χ3n) is 2.68. The molecule has 0 unspecified atom stereocenters.